The molecule has 3 aromatic carbocycles. The van der Waals surface area contributed by atoms with Crippen LogP contribution < -0.4 is 5.32 Å². The van der Waals surface area contributed by atoms with Crippen LogP contribution in [0.25, 0.3) is 11.2 Å². The van der Waals surface area contributed by atoms with Crippen LogP contribution in [0, 0.1) is 18.8 Å². The molecule has 0 bridgehead atoms. The van der Waals surface area contributed by atoms with E-state index in [-0.39, 0.29) is 34.7 Å². The van der Waals surface area contributed by atoms with Crippen LogP contribution in [0.4, 0.5) is 5.82 Å². The number of aryl methyl sites for hydroxylation is 1. The highest BCUT2D eigenvalue weighted by molar-refractivity contribution is 7.90. The number of nitrogens with one attached hydrogen (secondary N) is 1. The van der Waals surface area contributed by atoms with Crippen molar-refractivity contribution in [2.75, 3.05) is 11.9 Å². The van der Waals surface area contributed by atoms with Gasteiger partial charge < -0.3 is 5.32 Å². The molecule has 0 aliphatic heterocycles. The Morgan fingerprint density at radius 3 is 2.18 bits per heavy atom. The smallest absolute Gasteiger partial charge is 0.269 e. The minimum Gasteiger partial charge on any atom is -0.362 e. The standard InChI is InChI=1S/C35H37N5O3S/c1-25-13-15-30(16-14-25)44(42,43)40-18-17-32-35(40)37-22-34(38-32)36-21-33(41)31-20-29(19-26(31)2)39(23-27-9-5-3-6-10-27)24-28-11-7-4-8-12-28/h3-18,22,26,29,31H,19-21,23-24H2,1-2H3,(H,36,38)/t26-,29+,31-/m0/s1. The van der Waals surface area contributed by atoms with Gasteiger partial charge in [0.1, 0.15) is 11.3 Å². The summed E-state index contributed by atoms with van der Waals surface area (Å²) in [6.45, 7) is 5.89. The zero-order valence-corrected chi connectivity index (χ0v) is 25.8. The first-order valence-corrected chi connectivity index (χ1v) is 16.5. The lowest BCUT2D eigenvalue weighted by Gasteiger charge is -2.29. The topological polar surface area (TPSA) is 97.2 Å². The molecule has 0 unspecified atom stereocenters. The molecule has 9 heteroatoms. The molecular weight excluding hydrogens is 570 g/mol. The number of carbonyl (C=O) groups excluding carboxylic acids is 1. The Bertz CT molecular complexity index is 1800. The molecule has 0 amide bonds. The van der Waals surface area contributed by atoms with E-state index >= 15 is 0 Å². The molecule has 3 atom stereocenters. The summed E-state index contributed by atoms with van der Waals surface area (Å²) in [5, 5.41) is 3.15. The molecule has 1 N–H and O–H groups in total. The highest BCUT2D eigenvalue weighted by Crippen LogP contribution is 2.36. The van der Waals surface area contributed by atoms with Crippen LogP contribution in [-0.2, 0) is 27.9 Å². The molecular formula is C35H37N5O3S. The van der Waals surface area contributed by atoms with Gasteiger partial charge in [0.15, 0.2) is 11.4 Å². The Hall–Kier alpha value is -4.34. The van der Waals surface area contributed by atoms with Gasteiger partial charge in [0.2, 0.25) is 0 Å². The zero-order chi connectivity index (χ0) is 30.7. The average Bonchev–Trinajstić information content (AvgIpc) is 3.65. The summed E-state index contributed by atoms with van der Waals surface area (Å²) in [5.74, 6) is 0.797. The van der Waals surface area contributed by atoms with Gasteiger partial charge in [0, 0.05) is 31.2 Å². The van der Waals surface area contributed by atoms with E-state index in [0.29, 0.717) is 17.4 Å². The summed E-state index contributed by atoms with van der Waals surface area (Å²) in [6, 6.07) is 29.6. The Morgan fingerprint density at radius 1 is 0.909 bits per heavy atom. The molecule has 1 aliphatic rings. The summed E-state index contributed by atoms with van der Waals surface area (Å²) in [4.78, 5) is 25.1. The van der Waals surface area contributed by atoms with E-state index in [4.69, 9.17) is 0 Å². The first-order valence-electron chi connectivity index (χ1n) is 15.0. The maximum Gasteiger partial charge on any atom is 0.269 e. The molecule has 1 fully saturated rings. The van der Waals surface area contributed by atoms with Gasteiger partial charge in [-0.1, -0.05) is 85.3 Å². The minimum absolute atomic E-state index is 0.0565. The van der Waals surface area contributed by atoms with Crippen molar-refractivity contribution in [3.8, 4) is 0 Å². The molecule has 1 saturated carbocycles. The van der Waals surface area contributed by atoms with Crippen molar-refractivity contribution in [2.45, 2.75) is 50.7 Å². The Balaban J connectivity index is 1.12. The van der Waals surface area contributed by atoms with Gasteiger partial charge in [-0.25, -0.2) is 22.4 Å². The second kappa shape index (κ2) is 12.7. The molecule has 2 aromatic heterocycles. The normalized spacial score (nSPS) is 18.6. The summed E-state index contributed by atoms with van der Waals surface area (Å²) >= 11 is 0. The predicted octanol–water partition coefficient (Wildman–Crippen LogP) is 6.07. The van der Waals surface area contributed by atoms with Crippen molar-refractivity contribution in [3.63, 3.8) is 0 Å². The maximum atomic E-state index is 13.5. The van der Waals surface area contributed by atoms with E-state index in [1.54, 1.807) is 30.3 Å². The Labute approximate surface area is 258 Å². The number of ketones is 1. The quantitative estimate of drug-likeness (QED) is 0.195. The van der Waals surface area contributed by atoms with Crippen LogP contribution in [-0.4, -0.2) is 45.6 Å². The summed E-state index contributed by atoms with van der Waals surface area (Å²) < 4.78 is 27.6. The number of nitrogens with zero attached hydrogens (tertiary/aromatic N) is 4. The Kier molecular flexibility index (Phi) is 8.59. The molecule has 2 heterocycles. The monoisotopic (exact) mass is 607 g/mol. The van der Waals surface area contributed by atoms with Crippen LogP contribution in [0.5, 0.6) is 0 Å². The molecule has 8 nitrogen and oxygen atoms in total. The third-order valence-corrected chi connectivity index (χ3v) is 10.3. The van der Waals surface area contributed by atoms with Gasteiger partial charge in [0.25, 0.3) is 10.0 Å². The first kappa shape index (κ1) is 29.7. The van der Waals surface area contributed by atoms with E-state index in [2.05, 4.69) is 75.6 Å². The van der Waals surface area contributed by atoms with E-state index in [1.807, 2.05) is 19.1 Å². The molecule has 44 heavy (non-hydrogen) atoms. The molecule has 0 spiro atoms. The van der Waals surface area contributed by atoms with Gasteiger partial charge in [0.05, 0.1) is 17.6 Å². The van der Waals surface area contributed by atoms with Gasteiger partial charge in [-0.3, -0.25) is 9.69 Å². The third-order valence-electron chi connectivity index (χ3n) is 8.62. The summed E-state index contributed by atoms with van der Waals surface area (Å²) in [7, 11) is -3.81. The van der Waals surface area contributed by atoms with Crippen LogP contribution in [0.2, 0.25) is 0 Å². The second-order valence-corrected chi connectivity index (χ2v) is 13.6. The molecule has 0 saturated heterocycles. The second-order valence-electron chi connectivity index (χ2n) is 11.8. The van der Waals surface area contributed by atoms with Crippen molar-refractivity contribution in [1.82, 2.24) is 18.8 Å². The highest BCUT2D eigenvalue weighted by atomic mass is 32.2. The first-order chi connectivity index (χ1) is 21.3. The lowest BCUT2D eigenvalue weighted by molar-refractivity contribution is -0.122. The van der Waals surface area contributed by atoms with E-state index < -0.39 is 10.0 Å². The molecule has 5 aromatic rings. The maximum absolute atomic E-state index is 13.5. The zero-order valence-electron chi connectivity index (χ0n) is 25.0. The number of hydrogen-bond acceptors (Lipinski definition) is 7. The number of fused-ring (bicyclic) bond motifs is 1. The van der Waals surface area contributed by atoms with E-state index in [9.17, 15) is 13.2 Å². The molecule has 0 radical (unpaired) electrons. The van der Waals surface area contributed by atoms with Crippen molar-refractivity contribution in [3.05, 3.63) is 120 Å². The fourth-order valence-electron chi connectivity index (χ4n) is 6.21. The van der Waals surface area contributed by atoms with Crippen molar-refractivity contribution < 1.29 is 13.2 Å². The number of anilines is 1. The summed E-state index contributed by atoms with van der Waals surface area (Å²) in [5.41, 5.74) is 4.19. The van der Waals surface area contributed by atoms with Crippen molar-refractivity contribution in [1.29, 1.82) is 0 Å². The van der Waals surface area contributed by atoms with Crippen molar-refractivity contribution in [2.24, 2.45) is 11.8 Å². The number of Topliss-reactive ketones (excluding diaryl/α,β-unsaturated/α-hetero) is 1. The fourth-order valence-corrected chi connectivity index (χ4v) is 7.51. The van der Waals surface area contributed by atoms with Crippen LogP contribution >= 0.6 is 0 Å². The minimum atomic E-state index is -3.81. The SMILES string of the molecule is Cc1ccc(S(=O)(=O)n2ccc3nc(NCC(=O)[C@H]4C[C@H](N(Cc5ccccc5)Cc5ccccc5)C[C@@H]4C)cnc32)cc1. The number of carbonyl (C=O) groups is 1. The number of benzene rings is 3. The van der Waals surface area contributed by atoms with E-state index in [0.717, 1.165) is 35.5 Å². The highest BCUT2D eigenvalue weighted by Gasteiger charge is 2.38. The van der Waals surface area contributed by atoms with Crippen LogP contribution in [0.3, 0.4) is 0 Å². The van der Waals surface area contributed by atoms with E-state index in [1.165, 1.54) is 23.5 Å². The van der Waals surface area contributed by atoms with Gasteiger partial charge in [-0.15, -0.1) is 0 Å². The number of hydrogen-bond donors (Lipinski definition) is 1. The van der Waals surface area contributed by atoms with Crippen LogP contribution in [0.1, 0.15) is 36.5 Å². The Morgan fingerprint density at radius 2 is 1.55 bits per heavy atom. The number of rotatable bonds is 11. The molecule has 226 valence electrons. The third kappa shape index (κ3) is 6.44. The molecule has 1 aliphatic carbocycles. The largest absolute Gasteiger partial charge is 0.362 e. The lowest BCUT2D eigenvalue weighted by Crippen LogP contribution is -2.33. The van der Waals surface area contributed by atoms with Gasteiger partial charge in [-0.2, -0.15) is 0 Å². The number of aromatic nitrogens is 3. The van der Waals surface area contributed by atoms with Gasteiger partial charge >= 0.3 is 0 Å². The molecule has 6 rings (SSSR count). The predicted molar refractivity (Wildman–Crippen MR) is 173 cm³/mol. The summed E-state index contributed by atoms with van der Waals surface area (Å²) in [6.07, 6.45) is 4.72. The average molecular weight is 608 g/mol. The lowest BCUT2D eigenvalue weighted by atomic mass is 9.93. The van der Waals surface area contributed by atoms with Crippen molar-refractivity contribution >= 4 is 32.8 Å². The van der Waals surface area contributed by atoms with Crippen LogP contribution in [0.15, 0.2) is 108 Å². The van der Waals surface area contributed by atoms with Gasteiger partial charge in [-0.05, 0) is 55.0 Å². The fraction of sp³-hybridized carbons (Fsp3) is 0.286.